The van der Waals surface area contributed by atoms with Crippen molar-refractivity contribution in [2.75, 3.05) is 19.4 Å². The number of anilines is 1. The van der Waals surface area contributed by atoms with Gasteiger partial charge in [0.2, 0.25) is 11.9 Å². The van der Waals surface area contributed by atoms with Gasteiger partial charge in [-0.05, 0) is 53.6 Å². The van der Waals surface area contributed by atoms with E-state index in [-0.39, 0.29) is 30.3 Å². The first-order valence-corrected chi connectivity index (χ1v) is 12.2. The van der Waals surface area contributed by atoms with Gasteiger partial charge in [-0.25, -0.2) is 9.67 Å². The summed E-state index contributed by atoms with van der Waals surface area (Å²) in [7, 11) is 3.45. The molecule has 38 heavy (non-hydrogen) atoms. The second-order valence-electron chi connectivity index (χ2n) is 9.48. The fraction of sp³-hybridized carbons (Fsp3) is 0.138. The number of amides is 2. The minimum absolute atomic E-state index is 0.00995. The molecule has 0 saturated carbocycles. The van der Waals surface area contributed by atoms with Crippen LogP contribution in [0.1, 0.15) is 21.5 Å². The molecule has 3 heterocycles. The average Bonchev–Trinajstić information content (AvgIpc) is 3.26. The number of hydrogen-bond donors (Lipinski definition) is 1. The second-order valence-corrected chi connectivity index (χ2v) is 9.48. The van der Waals surface area contributed by atoms with E-state index in [1.54, 1.807) is 43.3 Å². The fourth-order valence-electron chi connectivity index (χ4n) is 4.59. The van der Waals surface area contributed by atoms with Gasteiger partial charge < -0.3 is 4.90 Å². The van der Waals surface area contributed by atoms with Crippen LogP contribution in [0.3, 0.4) is 0 Å². The van der Waals surface area contributed by atoms with Crippen molar-refractivity contribution in [1.29, 1.82) is 0 Å². The molecule has 3 aromatic carbocycles. The zero-order valence-corrected chi connectivity index (χ0v) is 20.9. The van der Waals surface area contributed by atoms with Crippen LogP contribution in [0.25, 0.3) is 28.0 Å². The second kappa shape index (κ2) is 9.11. The van der Waals surface area contributed by atoms with Gasteiger partial charge in [-0.3, -0.25) is 24.3 Å². The number of rotatable bonds is 2. The van der Waals surface area contributed by atoms with E-state index in [2.05, 4.69) is 10.4 Å². The number of hydrogen-bond acceptors (Lipinski definition) is 5. The molecular weight excluding hydrogens is 480 g/mol. The number of aromatic nitrogens is 4. The van der Waals surface area contributed by atoms with Crippen molar-refractivity contribution in [1.82, 2.24) is 24.2 Å². The van der Waals surface area contributed by atoms with Gasteiger partial charge in [-0.15, -0.1) is 0 Å². The highest BCUT2D eigenvalue weighted by Crippen LogP contribution is 2.29. The van der Waals surface area contributed by atoms with Gasteiger partial charge in [0.25, 0.3) is 11.5 Å². The summed E-state index contributed by atoms with van der Waals surface area (Å²) in [5.41, 5.74) is 5.48. The maximum atomic E-state index is 13.3. The molecule has 1 aliphatic heterocycles. The minimum Gasteiger partial charge on any atom is -0.349 e. The molecule has 0 saturated heterocycles. The van der Waals surface area contributed by atoms with Crippen LogP contribution in [0.2, 0.25) is 0 Å². The summed E-state index contributed by atoms with van der Waals surface area (Å²) in [4.78, 5) is 44.5. The van der Waals surface area contributed by atoms with Gasteiger partial charge in [0.05, 0.1) is 29.7 Å². The Hall–Kier alpha value is -5.05. The molecule has 6 bridgehead atoms. The van der Waals surface area contributed by atoms with Crippen molar-refractivity contribution in [3.8, 4) is 16.9 Å². The molecule has 5 aromatic rings. The summed E-state index contributed by atoms with van der Waals surface area (Å²) in [6.07, 6.45) is 0.251. The molecule has 9 heteroatoms. The number of carbonyl (C=O) groups is 2. The van der Waals surface area contributed by atoms with Crippen LogP contribution in [0.4, 0.5) is 5.95 Å². The molecule has 1 N–H and O–H groups in total. The maximum absolute atomic E-state index is 13.3. The van der Waals surface area contributed by atoms with E-state index in [4.69, 9.17) is 4.98 Å². The molecule has 0 spiro atoms. The number of fused-ring (bicyclic) bond motifs is 11. The summed E-state index contributed by atoms with van der Waals surface area (Å²) in [6.45, 7) is 0.237. The quantitative estimate of drug-likeness (QED) is 0.397. The van der Waals surface area contributed by atoms with Crippen molar-refractivity contribution >= 4 is 28.8 Å². The number of benzene rings is 3. The Labute approximate surface area is 218 Å². The van der Waals surface area contributed by atoms with Gasteiger partial charge >= 0.3 is 0 Å². The predicted molar refractivity (Wildman–Crippen MR) is 144 cm³/mol. The highest BCUT2D eigenvalue weighted by Gasteiger charge is 2.19. The first kappa shape index (κ1) is 23.4. The van der Waals surface area contributed by atoms with Crippen LogP contribution in [-0.2, 0) is 17.8 Å². The summed E-state index contributed by atoms with van der Waals surface area (Å²) in [5, 5.41) is 7.58. The Morgan fingerprint density at radius 2 is 1.76 bits per heavy atom. The van der Waals surface area contributed by atoms with Crippen molar-refractivity contribution in [3.63, 3.8) is 0 Å². The van der Waals surface area contributed by atoms with E-state index in [1.807, 2.05) is 53.1 Å². The molecule has 2 aromatic heterocycles. The lowest BCUT2D eigenvalue weighted by Crippen LogP contribution is -2.23. The smallest absolute Gasteiger partial charge is 0.267 e. The molecule has 188 valence electrons. The lowest BCUT2D eigenvalue weighted by molar-refractivity contribution is -0.127. The summed E-state index contributed by atoms with van der Waals surface area (Å²) >= 11 is 0. The number of nitrogens with zero attached hydrogens (tertiary/aromatic N) is 5. The number of imidazole rings is 1. The largest absolute Gasteiger partial charge is 0.349 e. The Bertz CT molecular complexity index is 1800. The molecule has 9 nitrogen and oxygen atoms in total. The van der Waals surface area contributed by atoms with Crippen molar-refractivity contribution in [2.45, 2.75) is 13.0 Å². The van der Waals surface area contributed by atoms with E-state index < -0.39 is 0 Å². The van der Waals surface area contributed by atoms with Gasteiger partial charge in [-0.2, -0.15) is 5.10 Å². The molecule has 0 unspecified atom stereocenters. The van der Waals surface area contributed by atoms with Gasteiger partial charge in [-0.1, -0.05) is 30.3 Å². The van der Waals surface area contributed by atoms with E-state index in [0.717, 1.165) is 27.9 Å². The third-order valence-electron chi connectivity index (χ3n) is 6.59. The summed E-state index contributed by atoms with van der Waals surface area (Å²) in [6, 6.07) is 23.7. The van der Waals surface area contributed by atoms with E-state index in [9.17, 15) is 14.4 Å². The van der Waals surface area contributed by atoms with Crippen LogP contribution >= 0.6 is 0 Å². The topological polar surface area (TPSA) is 102 Å². The van der Waals surface area contributed by atoms with Gasteiger partial charge in [0, 0.05) is 37.0 Å². The molecular formula is C29H24N6O3. The number of likely N-dealkylation sites (N-methyl/N-ethyl adjacent to an activating group) is 1. The molecule has 0 aliphatic carbocycles. The number of nitrogens with one attached hydrogen (secondary N) is 1. The SMILES string of the molecule is CN(C)C(=O)Cc1ccc2c(c1)nc1n2-c2cccc(c2)-c2ccc(=O)n(n2)Cc2cccc(c2)C(=O)N1. The highest BCUT2D eigenvalue weighted by atomic mass is 16.2. The van der Waals surface area contributed by atoms with E-state index in [0.29, 0.717) is 22.7 Å². The first-order chi connectivity index (χ1) is 18.4. The maximum Gasteiger partial charge on any atom is 0.267 e. The predicted octanol–water partition coefficient (Wildman–Crippen LogP) is 3.49. The van der Waals surface area contributed by atoms with Crippen LogP contribution < -0.4 is 10.9 Å². The molecule has 0 fully saturated rings. The zero-order chi connectivity index (χ0) is 26.4. The lowest BCUT2D eigenvalue weighted by atomic mass is 10.1. The average molecular weight is 505 g/mol. The highest BCUT2D eigenvalue weighted by molar-refractivity contribution is 6.04. The molecule has 2 amide bonds. The fourth-order valence-corrected chi connectivity index (χ4v) is 4.59. The number of carbonyl (C=O) groups excluding carboxylic acids is 2. The van der Waals surface area contributed by atoms with Crippen molar-refractivity contribution in [3.05, 3.63) is 106 Å². The monoisotopic (exact) mass is 504 g/mol. The molecule has 0 atom stereocenters. The standard InChI is InChI=1S/C29H24N6O3/c1-33(2)27(37)15-18-9-11-25-24(14-18)30-29-31-28(38)21-7-3-5-19(13-21)17-34-26(36)12-10-23(32-34)20-6-4-8-22(16-20)35(25)29/h3-14,16H,15,17H2,1-2H3,(H,30,31,38). The van der Waals surface area contributed by atoms with Crippen LogP contribution in [0, 0.1) is 0 Å². The lowest BCUT2D eigenvalue weighted by Gasteiger charge is -2.14. The normalized spacial score (nSPS) is 12.4. The van der Waals surface area contributed by atoms with E-state index >= 15 is 0 Å². The third-order valence-corrected chi connectivity index (χ3v) is 6.59. The van der Waals surface area contributed by atoms with Gasteiger partial charge in [0.15, 0.2) is 0 Å². The minimum atomic E-state index is -0.325. The molecule has 0 radical (unpaired) electrons. The van der Waals surface area contributed by atoms with Crippen molar-refractivity contribution in [2.24, 2.45) is 0 Å². The molecule has 1 aliphatic rings. The third kappa shape index (κ3) is 4.24. The van der Waals surface area contributed by atoms with Crippen molar-refractivity contribution < 1.29 is 9.59 Å². The van der Waals surface area contributed by atoms with Crippen LogP contribution in [-0.4, -0.2) is 50.1 Å². The molecule has 6 rings (SSSR count). The zero-order valence-electron chi connectivity index (χ0n) is 20.9. The van der Waals surface area contributed by atoms with Crippen LogP contribution in [0.5, 0.6) is 0 Å². The van der Waals surface area contributed by atoms with Crippen LogP contribution in [0.15, 0.2) is 83.7 Å². The van der Waals surface area contributed by atoms with E-state index in [1.165, 1.54) is 10.7 Å². The summed E-state index contributed by atoms with van der Waals surface area (Å²) < 4.78 is 3.28. The Balaban J connectivity index is 1.57. The Morgan fingerprint density at radius 3 is 2.61 bits per heavy atom. The Kier molecular flexibility index (Phi) is 5.60. The van der Waals surface area contributed by atoms with Gasteiger partial charge in [0.1, 0.15) is 0 Å². The first-order valence-electron chi connectivity index (χ1n) is 12.2. The Morgan fingerprint density at radius 1 is 0.947 bits per heavy atom. The summed E-state index contributed by atoms with van der Waals surface area (Å²) in [5.74, 6) is 0.0246.